The highest BCUT2D eigenvalue weighted by atomic mass is 16.2. The van der Waals surface area contributed by atoms with Crippen molar-refractivity contribution in [3.63, 3.8) is 0 Å². The Labute approximate surface area is 112 Å². The molecule has 102 valence electrons. The Morgan fingerprint density at radius 1 is 1.32 bits per heavy atom. The van der Waals surface area contributed by atoms with Gasteiger partial charge < -0.3 is 15.1 Å². The van der Waals surface area contributed by atoms with Crippen LogP contribution >= 0.6 is 0 Å². The molecule has 0 aromatic carbocycles. The predicted octanol–water partition coefficient (Wildman–Crippen LogP) is 0.314. The maximum Gasteiger partial charge on any atom is 0.312 e. The van der Waals surface area contributed by atoms with Crippen LogP contribution in [0.1, 0.15) is 12.6 Å². The van der Waals surface area contributed by atoms with E-state index in [-0.39, 0.29) is 0 Å². The van der Waals surface area contributed by atoms with Gasteiger partial charge in [0.1, 0.15) is 0 Å². The first-order valence-corrected chi connectivity index (χ1v) is 6.35. The van der Waals surface area contributed by atoms with Gasteiger partial charge in [0.05, 0.1) is 12.2 Å². The van der Waals surface area contributed by atoms with Crippen LogP contribution in [-0.4, -0.2) is 53.3 Å². The lowest BCUT2D eigenvalue weighted by molar-refractivity contribution is -0.155. The van der Waals surface area contributed by atoms with Gasteiger partial charge in [-0.15, -0.1) is 0 Å². The average molecular weight is 262 g/mol. The monoisotopic (exact) mass is 262 g/mol. The number of piperazine rings is 1. The molecule has 2 amide bonds. The van der Waals surface area contributed by atoms with E-state index in [1.54, 1.807) is 18.1 Å². The van der Waals surface area contributed by atoms with E-state index in [0.29, 0.717) is 19.6 Å². The molecule has 1 aromatic rings. The van der Waals surface area contributed by atoms with Crippen LogP contribution in [0.2, 0.25) is 0 Å². The summed E-state index contributed by atoms with van der Waals surface area (Å²) >= 11 is 0. The SMILES string of the molecule is CCNc1ccnc(CN2CCN(C)C(=O)C2=O)c1. The molecule has 6 heteroatoms. The van der Waals surface area contributed by atoms with Crippen LogP contribution in [0.3, 0.4) is 0 Å². The van der Waals surface area contributed by atoms with Crippen LogP contribution in [0.4, 0.5) is 5.69 Å². The molecule has 6 nitrogen and oxygen atoms in total. The molecule has 1 fully saturated rings. The summed E-state index contributed by atoms with van der Waals surface area (Å²) in [5, 5.41) is 3.19. The van der Waals surface area contributed by atoms with Crippen molar-refractivity contribution in [2.45, 2.75) is 13.5 Å². The number of nitrogens with one attached hydrogen (secondary N) is 1. The molecule has 2 rings (SSSR count). The lowest BCUT2D eigenvalue weighted by Gasteiger charge is -2.31. The lowest BCUT2D eigenvalue weighted by atomic mass is 10.2. The van der Waals surface area contributed by atoms with Crippen LogP contribution in [0.15, 0.2) is 18.3 Å². The molecule has 0 spiro atoms. The number of likely N-dealkylation sites (N-methyl/N-ethyl adjacent to an activating group) is 1. The summed E-state index contributed by atoms with van der Waals surface area (Å²) < 4.78 is 0. The molecule has 0 aliphatic carbocycles. The highest BCUT2D eigenvalue weighted by Gasteiger charge is 2.30. The maximum atomic E-state index is 11.8. The fraction of sp³-hybridized carbons (Fsp3) is 0.462. The first kappa shape index (κ1) is 13.3. The Balaban J connectivity index is 2.06. The summed E-state index contributed by atoms with van der Waals surface area (Å²) in [6, 6.07) is 3.78. The predicted molar refractivity (Wildman–Crippen MR) is 71.5 cm³/mol. The van der Waals surface area contributed by atoms with Crippen molar-refractivity contribution in [2.75, 3.05) is 32.0 Å². The Hall–Kier alpha value is -2.11. The zero-order valence-electron chi connectivity index (χ0n) is 11.2. The van der Waals surface area contributed by atoms with E-state index >= 15 is 0 Å². The number of amides is 2. The third-order valence-electron chi connectivity index (χ3n) is 3.07. The third kappa shape index (κ3) is 3.01. The van der Waals surface area contributed by atoms with E-state index in [9.17, 15) is 9.59 Å². The van der Waals surface area contributed by atoms with Gasteiger partial charge in [0, 0.05) is 38.6 Å². The number of rotatable bonds is 4. The molecule has 0 radical (unpaired) electrons. The number of hydrogen-bond acceptors (Lipinski definition) is 4. The summed E-state index contributed by atoms with van der Waals surface area (Å²) in [5.41, 5.74) is 1.75. The van der Waals surface area contributed by atoms with Crippen LogP contribution < -0.4 is 5.32 Å². The second-order valence-electron chi connectivity index (χ2n) is 4.52. The average Bonchev–Trinajstić information content (AvgIpc) is 2.40. The molecule has 0 saturated carbocycles. The van der Waals surface area contributed by atoms with Crippen LogP contribution in [0.25, 0.3) is 0 Å². The van der Waals surface area contributed by atoms with E-state index in [0.717, 1.165) is 17.9 Å². The topological polar surface area (TPSA) is 65.5 Å². The van der Waals surface area contributed by atoms with Gasteiger partial charge in [-0.1, -0.05) is 0 Å². The standard InChI is InChI=1S/C13H18N4O2/c1-3-14-10-4-5-15-11(8-10)9-17-7-6-16(2)12(18)13(17)19/h4-5,8H,3,6-7,9H2,1-2H3,(H,14,15). The van der Waals surface area contributed by atoms with Crippen LogP contribution in [0, 0.1) is 0 Å². The summed E-state index contributed by atoms with van der Waals surface area (Å²) in [7, 11) is 1.64. The lowest BCUT2D eigenvalue weighted by Crippen LogP contribution is -2.52. The number of pyridine rings is 1. The minimum Gasteiger partial charge on any atom is -0.385 e. The van der Waals surface area contributed by atoms with Crippen molar-refractivity contribution in [3.05, 3.63) is 24.0 Å². The van der Waals surface area contributed by atoms with Gasteiger partial charge in [0.25, 0.3) is 0 Å². The molecule has 2 heterocycles. The van der Waals surface area contributed by atoms with Gasteiger partial charge in [-0.25, -0.2) is 0 Å². The molecule has 1 N–H and O–H groups in total. The molecular weight excluding hydrogens is 244 g/mol. The summed E-state index contributed by atoms with van der Waals surface area (Å²) in [6.07, 6.45) is 1.70. The molecule has 0 unspecified atom stereocenters. The summed E-state index contributed by atoms with van der Waals surface area (Å²) in [6.45, 7) is 4.33. The fourth-order valence-electron chi connectivity index (χ4n) is 2.00. The van der Waals surface area contributed by atoms with Crippen molar-refractivity contribution in [2.24, 2.45) is 0 Å². The van der Waals surface area contributed by atoms with Crippen molar-refractivity contribution in [3.8, 4) is 0 Å². The molecule has 1 aliphatic heterocycles. The Bertz CT molecular complexity index is 489. The van der Waals surface area contributed by atoms with Gasteiger partial charge in [-0.05, 0) is 19.1 Å². The molecule has 1 aliphatic rings. The fourth-order valence-corrected chi connectivity index (χ4v) is 2.00. The second-order valence-corrected chi connectivity index (χ2v) is 4.52. The first-order valence-electron chi connectivity index (χ1n) is 6.35. The van der Waals surface area contributed by atoms with Crippen molar-refractivity contribution in [1.29, 1.82) is 0 Å². The highest BCUT2D eigenvalue weighted by Crippen LogP contribution is 2.12. The smallest absolute Gasteiger partial charge is 0.312 e. The normalized spacial score (nSPS) is 15.9. The highest BCUT2D eigenvalue weighted by molar-refractivity contribution is 6.35. The molecule has 1 saturated heterocycles. The number of aromatic nitrogens is 1. The van der Waals surface area contributed by atoms with Gasteiger partial charge in [0.2, 0.25) is 0 Å². The summed E-state index contributed by atoms with van der Waals surface area (Å²) in [4.78, 5) is 30.7. The number of carbonyl (C=O) groups excluding carboxylic acids is 2. The van der Waals surface area contributed by atoms with E-state index in [2.05, 4.69) is 10.3 Å². The molecule has 0 bridgehead atoms. The van der Waals surface area contributed by atoms with Gasteiger partial charge >= 0.3 is 11.8 Å². The number of nitrogens with zero attached hydrogens (tertiary/aromatic N) is 3. The zero-order chi connectivity index (χ0) is 13.8. The van der Waals surface area contributed by atoms with Crippen LogP contribution in [0.5, 0.6) is 0 Å². The number of anilines is 1. The minimum atomic E-state index is -0.454. The largest absolute Gasteiger partial charge is 0.385 e. The van der Waals surface area contributed by atoms with Crippen molar-refractivity contribution >= 4 is 17.5 Å². The summed E-state index contributed by atoms with van der Waals surface area (Å²) in [5.74, 6) is -0.904. The molecular formula is C13H18N4O2. The Kier molecular flexibility index (Phi) is 3.99. The quantitative estimate of drug-likeness (QED) is 0.793. The minimum absolute atomic E-state index is 0.373. The molecule has 0 atom stereocenters. The van der Waals surface area contributed by atoms with Gasteiger partial charge in [0.15, 0.2) is 0 Å². The van der Waals surface area contributed by atoms with Gasteiger partial charge in [-0.2, -0.15) is 0 Å². The number of carbonyl (C=O) groups is 2. The second kappa shape index (κ2) is 5.69. The van der Waals surface area contributed by atoms with Crippen molar-refractivity contribution < 1.29 is 9.59 Å². The Morgan fingerprint density at radius 3 is 2.84 bits per heavy atom. The Morgan fingerprint density at radius 2 is 2.11 bits per heavy atom. The molecule has 1 aromatic heterocycles. The zero-order valence-corrected chi connectivity index (χ0v) is 11.2. The maximum absolute atomic E-state index is 11.8. The first-order chi connectivity index (χ1) is 9.11. The van der Waals surface area contributed by atoms with E-state index in [1.807, 2.05) is 19.1 Å². The van der Waals surface area contributed by atoms with E-state index < -0.39 is 11.8 Å². The van der Waals surface area contributed by atoms with Crippen LogP contribution in [-0.2, 0) is 16.1 Å². The van der Waals surface area contributed by atoms with Gasteiger partial charge in [-0.3, -0.25) is 14.6 Å². The third-order valence-corrected chi connectivity index (χ3v) is 3.07. The number of hydrogen-bond donors (Lipinski definition) is 1. The molecule has 19 heavy (non-hydrogen) atoms. The van der Waals surface area contributed by atoms with E-state index in [4.69, 9.17) is 0 Å². The van der Waals surface area contributed by atoms with Crippen molar-refractivity contribution in [1.82, 2.24) is 14.8 Å². The van der Waals surface area contributed by atoms with E-state index in [1.165, 1.54) is 4.90 Å².